The Balaban J connectivity index is 1.98. The fourth-order valence-corrected chi connectivity index (χ4v) is 3.39. The average molecular weight is 342 g/mol. The van der Waals surface area contributed by atoms with Crippen LogP contribution < -0.4 is 0 Å². The third-order valence-corrected chi connectivity index (χ3v) is 4.85. The second kappa shape index (κ2) is 5.11. The Morgan fingerprint density at radius 3 is 2.85 bits per heavy atom. The van der Waals surface area contributed by atoms with Crippen LogP contribution in [-0.4, -0.2) is 27.0 Å². The van der Waals surface area contributed by atoms with Crippen LogP contribution in [0.25, 0.3) is 0 Å². The van der Waals surface area contributed by atoms with Crippen molar-refractivity contribution in [2.75, 3.05) is 5.33 Å². The third kappa shape index (κ3) is 2.37. The first-order valence-corrected chi connectivity index (χ1v) is 8.03. The van der Waals surface area contributed by atoms with E-state index in [9.17, 15) is 14.3 Å². The fourth-order valence-electron chi connectivity index (χ4n) is 3.09. The molecule has 0 bridgehead atoms. The zero-order chi connectivity index (χ0) is 14.3. The number of rotatable bonds is 2. The zero-order valence-electron chi connectivity index (χ0n) is 11.1. The second-order valence-electron chi connectivity index (χ2n) is 5.68. The lowest BCUT2D eigenvalue weighted by molar-refractivity contribution is -0.166. The van der Waals surface area contributed by atoms with E-state index >= 15 is 0 Å². The van der Waals surface area contributed by atoms with E-state index in [0.29, 0.717) is 19.4 Å². The van der Waals surface area contributed by atoms with Crippen molar-refractivity contribution in [1.29, 1.82) is 0 Å². The molecule has 1 aromatic rings. The van der Waals surface area contributed by atoms with Crippen molar-refractivity contribution in [2.45, 2.75) is 38.0 Å². The van der Waals surface area contributed by atoms with Crippen molar-refractivity contribution >= 4 is 21.8 Å². The van der Waals surface area contributed by atoms with Gasteiger partial charge in [0.15, 0.2) is 0 Å². The number of fused-ring (bicyclic) bond motifs is 1. The summed E-state index contributed by atoms with van der Waals surface area (Å²) in [5.41, 5.74) is 0.742. The summed E-state index contributed by atoms with van der Waals surface area (Å²) in [6.07, 6.45) is 2.99. The van der Waals surface area contributed by atoms with E-state index in [1.807, 2.05) is 0 Å². The summed E-state index contributed by atoms with van der Waals surface area (Å²) in [6, 6.07) is 4.65. The summed E-state index contributed by atoms with van der Waals surface area (Å²) in [6.45, 7) is 0.354. The summed E-state index contributed by atoms with van der Waals surface area (Å²) in [5.74, 6) is -0.222. The summed E-state index contributed by atoms with van der Waals surface area (Å²) in [5, 5.41) is 11.2. The number of carbonyl (C=O) groups excluding carboxylic acids is 1. The first-order valence-electron chi connectivity index (χ1n) is 6.90. The molecule has 1 amide bonds. The SMILES string of the molecule is O=C(CBr)N1Cc2ccc(F)cc2CC[C@]1(O)C1CC1. The lowest BCUT2D eigenvalue weighted by atomic mass is 9.98. The molecular weight excluding hydrogens is 325 g/mol. The molecule has 0 saturated heterocycles. The zero-order valence-corrected chi connectivity index (χ0v) is 12.7. The van der Waals surface area contributed by atoms with Gasteiger partial charge in [-0.2, -0.15) is 0 Å². The van der Waals surface area contributed by atoms with Gasteiger partial charge >= 0.3 is 0 Å². The van der Waals surface area contributed by atoms with Crippen molar-refractivity contribution in [3.05, 3.63) is 35.1 Å². The molecule has 1 N–H and O–H groups in total. The minimum absolute atomic E-state index is 0.114. The van der Waals surface area contributed by atoms with Crippen molar-refractivity contribution in [1.82, 2.24) is 4.90 Å². The number of halogens is 2. The number of aliphatic hydroxyl groups is 1. The monoisotopic (exact) mass is 341 g/mol. The predicted molar refractivity (Wildman–Crippen MR) is 76.7 cm³/mol. The maximum absolute atomic E-state index is 13.4. The largest absolute Gasteiger partial charge is 0.370 e. The van der Waals surface area contributed by atoms with Gasteiger partial charge in [0.25, 0.3) is 0 Å². The van der Waals surface area contributed by atoms with Crippen LogP contribution in [0.4, 0.5) is 4.39 Å². The van der Waals surface area contributed by atoms with E-state index in [0.717, 1.165) is 24.0 Å². The Kier molecular flexibility index (Phi) is 3.58. The van der Waals surface area contributed by atoms with Crippen LogP contribution in [0.3, 0.4) is 0 Å². The molecule has 3 nitrogen and oxygen atoms in total. The first kappa shape index (κ1) is 14.0. The smallest absolute Gasteiger partial charge is 0.235 e. The number of nitrogens with zero attached hydrogens (tertiary/aromatic N) is 1. The van der Waals surface area contributed by atoms with Gasteiger partial charge in [-0.05, 0) is 48.9 Å². The van der Waals surface area contributed by atoms with E-state index in [-0.39, 0.29) is 23.0 Å². The molecule has 1 atom stereocenters. The molecule has 0 radical (unpaired) electrons. The highest BCUT2D eigenvalue weighted by atomic mass is 79.9. The fraction of sp³-hybridized carbons (Fsp3) is 0.533. The number of aryl methyl sites for hydroxylation is 1. The molecule has 1 aliphatic carbocycles. The molecule has 1 saturated carbocycles. The molecule has 0 unspecified atom stereocenters. The molecule has 108 valence electrons. The van der Waals surface area contributed by atoms with Gasteiger partial charge in [0.05, 0.1) is 5.33 Å². The minimum atomic E-state index is -1.08. The molecular formula is C15H17BrFNO2. The number of amides is 1. The molecule has 3 rings (SSSR count). The summed E-state index contributed by atoms with van der Waals surface area (Å²) >= 11 is 3.19. The van der Waals surface area contributed by atoms with E-state index in [1.54, 1.807) is 11.0 Å². The quantitative estimate of drug-likeness (QED) is 0.840. The number of alkyl halides is 1. The van der Waals surface area contributed by atoms with Crippen LogP contribution in [0.15, 0.2) is 18.2 Å². The van der Waals surface area contributed by atoms with Gasteiger partial charge < -0.3 is 10.0 Å². The Hall–Kier alpha value is -0.940. The van der Waals surface area contributed by atoms with E-state index < -0.39 is 5.72 Å². The summed E-state index contributed by atoms with van der Waals surface area (Å²) in [4.78, 5) is 13.8. The van der Waals surface area contributed by atoms with Gasteiger partial charge in [0.2, 0.25) is 5.91 Å². The van der Waals surface area contributed by atoms with Crippen LogP contribution in [-0.2, 0) is 17.8 Å². The highest BCUT2D eigenvalue weighted by Gasteiger charge is 2.50. The Bertz CT molecular complexity index is 547. The molecule has 0 spiro atoms. The van der Waals surface area contributed by atoms with Crippen molar-refractivity contribution in [2.24, 2.45) is 5.92 Å². The highest BCUT2D eigenvalue weighted by Crippen LogP contribution is 2.46. The van der Waals surface area contributed by atoms with Gasteiger partial charge in [-0.25, -0.2) is 4.39 Å². The molecule has 0 aromatic heterocycles. The molecule has 20 heavy (non-hydrogen) atoms. The average Bonchev–Trinajstić information content (AvgIpc) is 3.27. The molecule has 5 heteroatoms. The Labute approximate surface area is 125 Å². The van der Waals surface area contributed by atoms with Gasteiger partial charge in [0, 0.05) is 12.5 Å². The van der Waals surface area contributed by atoms with Crippen LogP contribution in [0, 0.1) is 11.7 Å². The topological polar surface area (TPSA) is 40.5 Å². The Morgan fingerprint density at radius 1 is 1.45 bits per heavy atom. The molecule has 2 aliphatic rings. The van der Waals surface area contributed by atoms with Gasteiger partial charge in [-0.1, -0.05) is 22.0 Å². The normalized spacial score (nSPS) is 26.1. The van der Waals surface area contributed by atoms with Crippen LogP contribution in [0.1, 0.15) is 30.4 Å². The van der Waals surface area contributed by atoms with Crippen LogP contribution in [0.5, 0.6) is 0 Å². The Morgan fingerprint density at radius 2 is 2.20 bits per heavy atom. The molecule has 1 aliphatic heterocycles. The van der Waals surface area contributed by atoms with Gasteiger partial charge in [0.1, 0.15) is 11.5 Å². The maximum atomic E-state index is 13.4. The second-order valence-corrected chi connectivity index (χ2v) is 6.24. The standard InChI is InChI=1S/C15H17BrFNO2/c16-8-14(19)18-9-11-1-4-13(17)7-10(11)5-6-15(18,20)12-2-3-12/h1,4,7,12,20H,2-3,5-6,8-9H2/t15-/m0/s1. The van der Waals surface area contributed by atoms with Crippen molar-refractivity contribution < 1.29 is 14.3 Å². The molecule has 1 fully saturated rings. The minimum Gasteiger partial charge on any atom is -0.370 e. The van der Waals surface area contributed by atoms with Gasteiger partial charge in [-0.3, -0.25) is 4.79 Å². The summed E-state index contributed by atoms with van der Waals surface area (Å²) < 4.78 is 13.4. The highest BCUT2D eigenvalue weighted by molar-refractivity contribution is 9.09. The van der Waals surface area contributed by atoms with E-state index in [4.69, 9.17) is 0 Å². The van der Waals surface area contributed by atoms with Crippen molar-refractivity contribution in [3.8, 4) is 0 Å². The van der Waals surface area contributed by atoms with Crippen LogP contribution >= 0.6 is 15.9 Å². The van der Waals surface area contributed by atoms with Crippen LogP contribution in [0.2, 0.25) is 0 Å². The number of hydrogen-bond acceptors (Lipinski definition) is 2. The summed E-state index contributed by atoms with van der Waals surface area (Å²) in [7, 11) is 0. The number of carbonyl (C=O) groups is 1. The predicted octanol–water partition coefficient (Wildman–Crippen LogP) is 2.59. The number of benzene rings is 1. The lowest BCUT2D eigenvalue weighted by Gasteiger charge is -2.39. The van der Waals surface area contributed by atoms with E-state index in [2.05, 4.69) is 15.9 Å². The maximum Gasteiger partial charge on any atom is 0.235 e. The molecule has 1 aromatic carbocycles. The van der Waals surface area contributed by atoms with E-state index in [1.165, 1.54) is 12.1 Å². The lowest BCUT2D eigenvalue weighted by Crippen LogP contribution is -2.53. The third-order valence-electron chi connectivity index (χ3n) is 4.37. The number of hydrogen-bond donors (Lipinski definition) is 1. The van der Waals surface area contributed by atoms with Gasteiger partial charge in [-0.15, -0.1) is 0 Å². The first-order chi connectivity index (χ1) is 9.54. The van der Waals surface area contributed by atoms with Crippen molar-refractivity contribution in [3.63, 3.8) is 0 Å². The molecule has 1 heterocycles.